The zero-order valence-electron chi connectivity index (χ0n) is 11.7. The van der Waals surface area contributed by atoms with Crippen LogP contribution in [0.2, 0.25) is 0 Å². The van der Waals surface area contributed by atoms with Crippen LogP contribution in [0, 0.1) is 0 Å². The molecule has 0 atom stereocenters. The molecule has 9 heteroatoms. The molecule has 0 aromatic carbocycles. The van der Waals surface area contributed by atoms with Crippen molar-refractivity contribution < 1.29 is 34.8 Å². The molecule has 0 aliphatic rings. The van der Waals surface area contributed by atoms with Crippen LogP contribution in [-0.4, -0.2) is 70.3 Å². The van der Waals surface area contributed by atoms with Crippen molar-refractivity contribution in [2.45, 2.75) is 0 Å². The lowest BCUT2D eigenvalue weighted by atomic mass is 10.6. The van der Waals surface area contributed by atoms with Crippen LogP contribution in [0.1, 0.15) is 0 Å². The Morgan fingerprint density at radius 1 is 0.905 bits per heavy atom. The zero-order chi connectivity index (χ0) is 17.5. The highest BCUT2D eigenvalue weighted by molar-refractivity contribution is 7.81. The van der Waals surface area contributed by atoms with E-state index in [1.54, 1.807) is 12.2 Å². The van der Waals surface area contributed by atoms with E-state index in [1.807, 2.05) is 0 Å². The largest absolute Gasteiger partial charge is 0.481 e. The molecule has 0 aliphatic carbocycles. The summed E-state index contributed by atoms with van der Waals surface area (Å²) in [7, 11) is 0. The lowest BCUT2D eigenvalue weighted by Gasteiger charge is -1.89. The fraction of sp³-hybridized carbons (Fsp3) is 0.500. The molecule has 21 heavy (non-hydrogen) atoms. The number of hydrogen-bond donors (Lipinski definition) is 6. The number of aliphatic carboxylic acids is 2. The van der Waals surface area contributed by atoms with Crippen molar-refractivity contribution in [1.82, 2.24) is 0 Å². The van der Waals surface area contributed by atoms with Gasteiger partial charge in [0.2, 0.25) is 0 Å². The summed E-state index contributed by atoms with van der Waals surface area (Å²) in [6.07, 6.45) is 3.42. The highest BCUT2D eigenvalue weighted by Gasteiger charge is 1.82. The van der Waals surface area contributed by atoms with Crippen LogP contribution in [0.15, 0.2) is 25.3 Å². The molecular formula is C12H24O7S2. The van der Waals surface area contributed by atoms with Gasteiger partial charge in [0, 0.05) is 0 Å². The number of aliphatic hydroxyl groups is 2. The van der Waals surface area contributed by atoms with Crippen LogP contribution in [0.5, 0.6) is 0 Å². The molecule has 0 aliphatic heterocycles. The molecule has 0 heterocycles. The monoisotopic (exact) mass is 344 g/mol. The summed E-state index contributed by atoms with van der Waals surface area (Å²) in [5.74, 6) is -1.93. The van der Waals surface area contributed by atoms with Crippen LogP contribution in [-0.2, 0) is 14.3 Å². The van der Waals surface area contributed by atoms with Crippen LogP contribution in [0.4, 0.5) is 0 Å². The average Bonchev–Trinajstić information content (AvgIpc) is 2.49. The summed E-state index contributed by atoms with van der Waals surface area (Å²) in [6.45, 7) is 7.93. The molecular weight excluding hydrogens is 320 g/mol. The Morgan fingerprint density at radius 2 is 1.14 bits per heavy atom. The molecule has 0 fully saturated rings. The first-order chi connectivity index (χ1) is 9.87. The maximum Gasteiger partial charge on any atom is 0.313 e. The molecule has 0 bridgehead atoms. The molecule has 0 radical (unpaired) electrons. The van der Waals surface area contributed by atoms with Gasteiger partial charge in [-0.15, -0.1) is 13.2 Å². The molecule has 0 unspecified atom stereocenters. The fourth-order valence-corrected chi connectivity index (χ4v) is 0.235. The number of carboxylic acid groups (broad SMARTS) is 2. The lowest BCUT2D eigenvalue weighted by molar-refractivity contribution is -0.134. The number of carboxylic acids is 2. The van der Waals surface area contributed by atoms with Gasteiger partial charge in [-0.3, -0.25) is 9.59 Å². The van der Waals surface area contributed by atoms with E-state index < -0.39 is 11.9 Å². The van der Waals surface area contributed by atoms with Crippen LogP contribution in [0.25, 0.3) is 0 Å². The van der Waals surface area contributed by atoms with Gasteiger partial charge in [0.25, 0.3) is 0 Å². The third-order valence-corrected chi connectivity index (χ3v) is 1.38. The number of ether oxygens (including phenoxy) is 1. The Labute approximate surface area is 135 Å². The molecule has 126 valence electrons. The van der Waals surface area contributed by atoms with Gasteiger partial charge in [-0.1, -0.05) is 12.2 Å². The summed E-state index contributed by atoms with van der Waals surface area (Å²) in [6, 6.07) is 0. The minimum atomic E-state index is -0.881. The first-order valence-corrected chi connectivity index (χ1v) is 6.80. The van der Waals surface area contributed by atoms with Gasteiger partial charge in [-0.25, -0.2) is 0 Å². The van der Waals surface area contributed by atoms with Crippen molar-refractivity contribution in [3.05, 3.63) is 25.3 Å². The quantitative estimate of drug-likeness (QED) is 0.224. The molecule has 0 rings (SSSR count). The van der Waals surface area contributed by atoms with Gasteiger partial charge in [-0.05, 0) is 0 Å². The van der Waals surface area contributed by atoms with E-state index in [4.69, 9.17) is 25.2 Å². The number of carbonyl (C=O) groups is 2. The third-order valence-electron chi connectivity index (χ3n) is 0.842. The first-order valence-electron chi connectivity index (χ1n) is 5.54. The Morgan fingerprint density at radius 3 is 1.24 bits per heavy atom. The molecule has 0 saturated carbocycles. The topological polar surface area (TPSA) is 124 Å². The molecule has 0 aromatic rings. The molecule has 0 spiro atoms. The highest BCUT2D eigenvalue weighted by atomic mass is 32.1. The maximum absolute atomic E-state index is 9.29. The standard InChI is InChI=1S/C6H10O.2C2H4O2S.C2H6O2/c1-3-5-7-6-4-2;2*3-2(4)1-5;3-1-2-4/h3-4H,1-2,5-6H2;2*5H,1H2,(H,3,4);3-4H,1-2H2. The van der Waals surface area contributed by atoms with Gasteiger partial charge in [0.15, 0.2) is 0 Å². The molecule has 0 amide bonds. The summed E-state index contributed by atoms with van der Waals surface area (Å²) >= 11 is 6.83. The minimum Gasteiger partial charge on any atom is -0.481 e. The second-order valence-electron chi connectivity index (χ2n) is 2.67. The van der Waals surface area contributed by atoms with Crippen LogP contribution >= 0.6 is 25.3 Å². The van der Waals surface area contributed by atoms with E-state index >= 15 is 0 Å². The van der Waals surface area contributed by atoms with Gasteiger partial charge < -0.3 is 25.2 Å². The van der Waals surface area contributed by atoms with E-state index in [0.29, 0.717) is 13.2 Å². The van der Waals surface area contributed by atoms with Gasteiger partial charge >= 0.3 is 11.9 Å². The zero-order valence-corrected chi connectivity index (χ0v) is 13.5. The Balaban J connectivity index is -0.0000000939. The van der Waals surface area contributed by atoms with Crippen molar-refractivity contribution in [3.8, 4) is 0 Å². The second-order valence-corrected chi connectivity index (χ2v) is 3.30. The van der Waals surface area contributed by atoms with Crippen LogP contribution in [0.3, 0.4) is 0 Å². The highest BCUT2D eigenvalue weighted by Crippen LogP contribution is 1.72. The maximum atomic E-state index is 9.29. The van der Waals surface area contributed by atoms with E-state index in [1.165, 1.54) is 0 Å². The number of hydrogen-bond acceptors (Lipinski definition) is 7. The number of aliphatic hydroxyl groups excluding tert-OH is 2. The minimum absolute atomic E-state index is 0.0833. The SMILES string of the molecule is C=CCOCC=C.O=C(O)CS.O=C(O)CS.OCCO. The molecule has 0 saturated heterocycles. The van der Waals surface area contributed by atoms with Gasteiger partial charge in [0.05, 0.1) is 37.9 Å². The van der Waals surface area contributed by atoms with Crippen molar-refractivity contribution in [2.24, 2.45) is 0 Å². The third kappa shape index (κ3) is 85.8. The van der Waals surface area contributed by atoms with E-state index in [0.717, 1.165) is 0 Å². The van der Waals surface area contributed by atoms with Crippen molar-refractivity contribution >= 4 is 37.2 Å². The number of thiol groups is 2. The van der Waals surface area contributed by atoms with Crippen molar-refractivity contribution in [3.63, 3.8) is 0 Å². The Kier molecular flexibility index (Phi) is 42.2. The molecule has 7 nitrogen and oxygen atoms in total. The summed E-state index contributed by atoms with van der Waals surface area (Å²) in [5, 5.41) is 30.5. The molecule has 0 aromatic heterocycles. The Bertz CT molecular complexity index is 224. The van der Waals surface area contributed by atoms with Crippen molar-refractivity contribution in [1.29, 1.82) is 0 Å². The number of rotatable bonds is 7. The summed E-state index contributed by atoms with van der Waals surface area (Å²) in [5.41, 5.74) is 0. The lowest BCUT2D eigenvalue weighted by Crippen LogP contribution is -1.92. The normalized spacial score (nSPS) is 7.62. The predicted molar refractivity (Wildman–Crippen MR) is 88.4 cm³/mol. The smallest absolute Gasteiger partial charge is 0.313 e. The predicted octanol–water partition coefficient (Wildman–Crippen LogP) is 0.348. The Hall–Kier alpha value is -1.00. The average molecular weight is 344 g/mol. The first kappa shape index (κ1) is 28.2. The second kappa shape index (κ2) is 31.4. The van der Waals surface area contributed by atoms with E-state index in [-0.39, 0.29) is 24.7 Å². The summed E-state index contributed by atoms with van der Waals surface area (Å²) in [4.78, 5) is 18.6. The van der Waals surface area contributed by atoms with E-state index in [2.05, 4.69) is 38.4 Å². The van der Waals surface area contributed by atoms with Crippen LogP contribution < -0.4 is 0 Å². The molecule has 4 N–H and O–H groups in total. The summed E-state index contributed by atoms with van der Waals surface area (Å²) < 4.78 is 4.90. The van der Waals surface area contributed by atoms with E-state index in [9.17, 15) is 9.59 Å². The van der Waals surface area contributed by atoms with Gasteiger partial charge in [-0.2, -0.15) is 25.3 Å². The fourth-order valence-electron chi connectivity index (χ4n) is 0.235. The van der Waals surface area contributed by atoms with Crippen molar-refractivity contribution in [2.75, 3.05) is 37.9 Å². The van der Waals surface area contributed by atoms with Gasteiger partial charge in [0.1, 0.15) is 0 Å².